The van der Waals surface area contributed by atoms with Gasteiger partial charge >= 0.3 is 5.97 Å². The van der Waals surface area contributed by atoms with Crippen molar-refractivity contribution in [2.75, 3.05) is 13.2 Å². The molecule has 94 valence electrons. The molecule has 0 aromatic carbocycles. The van der Waals surface area contributed by atoms with Crippen LogP contribution in [0.15, 0.2) is 0 Å². The summed E-state index contributed by atoms with van der Waals surface area (Å²) in [6, 6.07) is 0.631. The Morgan fingerprint density at radius 1 is 1.56 bits per heavy atom. The van der Waals surface area contributed by atoms with Crippen molar-refractivity contribution in [3.8, 4) is 0 Å². The molecule has 1 aliphatic rings. The quantitative estimate of drug-likeness (QED) is 0.780. The first-order chi connectivity index (χ1) is 7.54. The molecule has 0 aromatic heterocycles. The van der Waals surface area contributed by atoms with Crippen molar-refractivity contribution in [3.05, 3.63) is 0 Å². The molecular weight excluding hydrogens is 206 g/mol. The monoisotopic (exact) mass is 229 g/mol. The van der Waals surface area contributed by atoms with E-state index in [1.54, 1.807) is 0 Å². The Labute approximate surface area is 97.6 Å². The third kappa shape index (κ3) is 3.76. The highest BCUT2D eigenvalue weighted by atomic mass is 16.5. The fourth-order valence-corrected chi connectivity index (χ4v) is 2.34. The summed E-state index contributed by atoms with van der Waals surface area (Å²) in [5.74, 6) is -0.742. The van der Waals surface area contributed by atoms with E-state index in [1.165, 1.54) is 0 Å². The minimum atomic E-state index is -0.742. The second kappa shape index (κ2) is 6.21. The van der Waals surface area contributed by atoms with Gasteiger partial charge in [0.25, 0.3) is 0 Å². The first kappa shape index (κ1) is 13.5. The molecule has 0 spiro atoms. The van der Waals surface area contributed by atoms with Crippen molar-refractivity contribution in [2.24, 2.45) is 0 Å². The maximum absolute atomic E-state index is 10.8. The minimum Gasteiger partial charge on any atom is -0.480 e. The lowest BCUT2D eigenvalue weighted by molar-refractivity contribution is -0.140. The highest BCUT2D eigenvalue weighted by Crippen LogP contribution is 2.22. The Morgan fingerprint density at radius 2 is 2.25 bits per heavy atom. The van der Waals surface area contributed by atoms with Gasteiger partial charge in [0.05, 0.1) is 12.6 Å². The van der Waals surface area contributed by atoms with Gasteiger partial charge in [0.2, 0.25) is 0 Å². The lowest BCUT2D eigenvalue weighted by Gasteiger charge is -2.38. The standard InChI is InChI=1S/C12H23NO3/c1-4-11-7-10(5-6-16-11)13(9(2)3)8-12(14)15/h9-11H,4-8H2,1-3H3,(H,14,15). The second-order valence-corrected chi connectivity index (χ2v) is 4.74. The van der Waals surface area contributed by atoms with Crippen molar-refractivity contribution in [2.45, 2.75) is 58.2 Å². The van der Waals surface area contributed by atoms with Gasteiger partial charge in [-0.25, -0.2) is 0 Å². The van der Waals surface area contributed by atoms with Crippen LogP contribution in [-0.2, 0) is 9.53 Å². The number of hydrogen-bond acceptors (Lipinski definition) is 3. The van der Waals surface area contributed by atoms with Gasteiger partial charge in [-0.2, -0.15) is 0 Å². The average molecular weight is 229 g/mol. The van der Waals surface area contributed by atoms with Crippen molar-refractivity contribution in [1.29, 1.82) is 0 Å². The summed E-state index contributed by atoms with van der Waals surface area (Å²) in [6.45, 7) is 7.12. The van der Waals surface area contributed by atoms with Crippen LogP contribution in [0, 0.1) is 0 Å². The van der Waals surface area contributed by atoms with E-state index in [0.29, 0.717) is 12.1 Å². The van der Waals surface area contributed by atoms with Crippen LogP contribution in [0.4, 0.5) is 0 Å². The molecule has 1 rings (SSSR count). The fraction of sp³-hybridized carbons (Fsp3) is 0.917. The maximum Gasteiger partial charge on any atom is 0.317 e. The third-order valence-corrected chi connectivity index (χ3v) is 3.25. The van der Waals surface area contributed by atoms with Crippen molar-refractivity contribution < 1.29 is 14.6 Å². The predicted octanol–water partition coefficient (Wildman–Crippen LogP) is 1.74. The SMILES string of the molecule is CCC1CC(N(CC(=O)O)C(C)C)CCO1. The Morgan fingerprint density at radius 3 is 2.75 bits per heavy atom. The number of aliphatic carboxylic acids is 1. The molecule has 1 N–H and O–H groups in total. The highest BCUT2D eigenvalue weighted by Gasteiger charge is 2.29. The zero-order valence-electron chi connectivity index (χ0n) is 10.5. The van der Waals surface area contributed by atoms with E-state index in [-0.39, 0.29) is 12.6 Å². The van der Waals surface area contributed by atoms with E-state index in [9.17, 15) is 4.79 Å². The van der Waals surface area contributed by atoms with Gasteiger partial charge in [-0.1, -0.05) is 6.92 Å². The van der Waals surface area contributed by atoms with Crippen LogP contribution in [0.1, 0.15) is 40.0 Å². The van der Waals surface area contributed by atoms with E-state index in [1.807, 2.05) is 0 Å². The molecule has 1 fully saturated rings. The molecule has 1 saturated heterocycles. The number of carbonyl (C=O) groups is 1. The summed E-state index contributed by atoms with van der Waals surface area (Å²) in [6.07, 6.45) is 3.22. The summed E-state index contributed by atoms with van der Waals surface area (Å²) in [7, 11) is 0. The van der Waals surface area contributed by atoms with Gasteiger partial charge in [-0.3, -0.25) is 9.69 Å². The molecule has 1 aliphatic heterocycles. The van der Waals surface area contributed by atoms with Gasteiger partial charge in [-0.05, 0) is 33.1 Å². The largest absolute Gasteiger partial charge is 0.480 e. The summed E-state index contributed by atoms with van der Waals surface area (Å²) in [4.78, 5) is 12.9. The zero-order chi connectivity index (χ0) is 12.1. The first-order valence-corrected chi connectivity index (χ1v) is 6.13. The Bertz CT molecular complexity index is 230. The van der Waals surface area contributed by atoms with Crippen LogP contribution in [0.3, 0.4) is 0 Å². The van der Waals surface area contributed by atoms with Crippen LogP contribution in [0.25, 0.3) is 0 Å². The molecule has 0 aromatic rings. The van der Waals surface area contributed by atoms with Gasteiger partial charge in [-0.15, -0.1) is 0 Å². The van der Waals surface area contributed by atoms with Crippen molar-refractivity contribution in [1.82, 2.24) is 4.90 Å². The Hall–Kier alpha value is -0.610. The number of nitrogens with zero attached hydrogens (tertiary/aromatic N) is 1. The Kier molecular flexibility index (Phi) is 5.22. The van der Waals surface area contributed by atoms with E-state index in [2.05, 4.69) is 25.7 Å². The molecule has 4 heteroatoms. The summed E-state index contributed by atoms with van der Waals surface area (Å²) < 4.78 is 5.62. The summed E-state index contributed by atoms with van der Waals surface area (Å²) in [5, 5.41) is 8.91. The summed E-state index contributed by atoms with van der Waals surface area (Å²) >= 11 is 0. The minimum absolute atomic E-state index is 0.138. The van der Waals surface area contributed by atoms with Crippen LogP contribution in [0.2, 0.25) is 0 Å². The normalized spacial score (nSPS) is 26.3. The van der Waals surface area contributed by atoms with Crippen LogP contribution in [-0.4, -0.2) is 47.3 Å². The maximum atomic E-state index is 10.8. The topological polar surface area (TPSA) is 49.8 Å². The van der Waals surface area contributed by atoms with Gasteiger partial charge in [0.15, 0.2) is 0 Å². The smallest absolute Gasteiger partial charge is 0.317 e. The van der Waals surface area contributed by atoms with Gasteiger partial charge < -0.3 is 9.84 Å². The summed E-state index contributed by atoms with van der Waals surface area (Å²) in [5.41, 5.74) is 0. The highest BCUT2D eigenvalue weighted by molar-refractivity contribution is 5.69. The van der Waals surface area contributed by atoms with Gasteiger partial charge in [0, 0.05) is 18.7 Å². The second-order valence-electron chi connectivity index (χ2n) is 4.74. The van der Waals surface area contributed by atoms with E-state index in [0.717, 1.165) is 25.9 Å². The molecule has 2 unspecified atom stereocenters. The van der Waals surface area contributed by atoms with Gasteiger partial charge in [0.1, 0.15) is 0 Å². The molecule has 1 heterocycles. The number of carboxylic acid groups (broad SMARTS) is 1. The molecule has 0 amide bonds. The number of hydrogen-bond donors (Lipinski definition) is 1. The molecule has 2 atom stereocenters. The predicted molar refractivity (Wildman–Crippen MR) is 62.5 cm³/mol. The number of ether oxygens (including phenoxy) is 1. The van der Waals surface area contributed by atoms with Crippen molar-refractivity contribution in [3.63, 3.8) is 0 Å². The Balaban J connectivity index is 2.59. The molecule has 4 nitrogen and oxygen atoms in total. The molecule has 0 saturated carbocycles. The molecule has 16 heavy (non-hydrogen) atoms. The molecular formula is C12H23NO3. The lowest BCUT2D eigenvalue weighted by atomic mass is 9.99. The van der Waals surface area contributed by atoms with E-state index < -0.39 is 5.97 Å². The molecule has 0 aliphatic carbocycles. The van der Waals surface area contributed by atoms with Crippen LogP contribution >= 0.6 is 0 Å². The van der Waals surface area contributed by atoms with E-state index >= 15 is 0 Å². The lowest BCUT2D eigenvalue weighted by Crippen LogP contribution is -2.47. The van der Waals surface area contributed by atoms with E-state index in [4.69, 9.17) is 9.84 Å². The first-order valence-electron chi connectivity index (χ1n) is 6.13. The zero-order valence-corrected chi connectivity index (χ0v) is 10.5. The molecule has 0 bridgehead atoms. The van der Waals surface area contributed by atoms with Crippen LogP contribution < -0.4 is 0 Å². The molecule has 0 radical (unpaired) electrons. The third-order valence-electron chi connectivity index (χ3n) is 3.25. The number of rotatable bonds is 5. The fourth-order valence-electron chi connectivity index (χ4n) is 2.34. The number of carboxylic acids is 1. The van der Waals surface area contributed by atoms with Crippen molar-refractivity contribution >= 4 is 5.97 Å². The average Bonchev–Trinajstić information content (AvgIpc) is 2.25. The van der Waals surface area contributed by atoms with Crippen LogP contribution in [0.5, 0.6) is 0 Å².